The van der Waals surface area contributed by atoms with Gasteiger partial charge in [-0.1, -0.05) is 54.6 Å². The number of carboxylic acids is 3. The molecule has 4 rings (SSSR count). The van der Waals surface area contributed by atoms with Gasteiger partial charge < -0.3 is 15.3 Å². The summed E-state index contributed by atoms with van der Waals surface area (Å²) in [6.07, 6.45) is 0. The molecule has 0 unspecified atom stereocenters. The summed E-state index contributed by atoms with van der Waals surface area (Å²) in [6, 6.07) is 24.9. The standard InChI is InChI=1S/C10H15.3C7H6O2.Ti/c1-7-6-10(4,5)9(3)8(7)2;3*8-7(9)6-4-2-1-3-5-6;/h1-5H3;3*1-5H,(H,8,9);. The zero-order valence-electron chi connectivity index (χ0n) is 22.2. The maximum atomic E-state index is 10.2. The first-order valence-electron chi connectivity index (χ1n) is 11.8. The van der Waals surface area contributed by atoms with Crippen LogP contribution in [0.3, 0.4) is 0 Å². The number of rotatable bonds is 3. The Balaban J connectivity index is 0.000000254. The third kappa shape index (κ3) is 9.96. The number of hydrogen-bond donors (Lipinski definition) is 3. The molecule has 0 aliphatic heterocycles. The number of hydrogen-bond acceptors (Lipinski definition) is 3. The zero-order valence-corrected chi connectivity index (χ0v) is 23.8. The van der Waals surface area contributed by atoms with Gasteiger partial charge in [0.25, 0.3) is 0 Å². The van der Waals surface area contributed by atoms with Crippen molar-refractivity contribution in [2.75, 3.05) is 0 Å². The van der Waals surface area contributed by atoms with Crippen LogP contribution in [0.4, 0.5) is 0 Å². The van der Waals surface area contributed by atoms with Crippen LogP contribution in [0.5, 0.6) is 0 Å². The molecule has 3 aromatic carbocycles. The number of carboxylic acid groups (broad SMARTS) is 3. The Labute approximate surface area is 235 Å². The molecule has 7 heteroatoms. The summed E-state index contributed by atoms with van der Waals surface area (Å²) < 4.78 is 1.53. The van der Waals surface area contributed by atoms with Crippen molar-refractivity contribution >= 4 is 17.9 Å². The van der Waals surface area contributed by atoms with Crippen LogP contribution in [0, 0.1) is 5.41 Å². The molecule has 0 aromatic heterocycles. The Bertz CT molecular complexity index is 1130. The van der Waals surface area contributed by atoms with E-state index in [0.717, 1.165) is 0 Å². The van der Waals surface area contributed by atoms with E-state index in [4.69, 9.17) is 15.3 Å². The fraction of sp³-hybridized carbons (Fsp3) is 0.194. The van der Waals surface area contributed by atoms with Gasteiger partial charge in [0.15, 0.2) is 0 Å². The molecule has 0 atom stereocenters. The molecule has 1 aliphatic rings. The van der Waals surface area contributed by atoms with Crippen LogP contribution in [-0.2, 0) is 20.4 Å². The Kier molecular flexibility index (Phi) is 13.2. The van der Waals surface area contributed by atoms with Crippen LogP contribution < -0.4 is 0 Å². The maximum absolute atomic E-state index is 10.2. The zero-order chi connectivity index (χ0) is 28.9. The fourth-order valence-electron chi connectivity index (χ4n) is 3.34. The van der Waals surface area contributed by atoms with Crippen molar-refractivity contribution in [1.82, 2.24) is 0 Å². The molecule has 1 aliphatic carbocycles. The summed E-state index contributed by atoms with van der Waals surface area (Å²) in [5.74, 6) is -2.64. The SMILES string of the molecule is CC1=C(C)C(C)(C)[C]([Ti])=C1C.O=C(O)c1ccccc1.O=C(O)c1ccccc1.O=C(O)c1ccccc1. The molecule has 0 fully saturated rings. The van der Waals surface area contributed by atoms with E-state index in [1.54, 1.807) is 91.0 Å². The van der Waals surface area contributed by atoms with Gasteiger partial charge >= 0.3 is 99.0 Å². The molecule has 3 aromatic rings. The van der Waals surface area contributed by atoms with E-state index in [0.29, 0.717) is 22.1 Å². The molecule has 0 bridgehead atoms. The first-order chi connectivity index (χ1) is 17.8. The maximum Gasteiger partial charge on any atom is 0.335 e. The Hall–Kier alpha value is -3.74. The van der Waals surface area contributed by atoms with Gasteiger partial charge in [0, 0.05) is 0 Å². The monoisotopic (exact) mass is 549 g/mol. The second kappa shape index (κ2) is 15.5. The van der Waals surface area contributed by atoms with Crippen molar-refractivity contribution in [1.29, 1.82) is 0 Å². The predicted molar refractivity (Wildman–Crippen MR) is 145 cm³/mol. The number of aromatic carboxylic acids is 3. The van der Waals surface area contributed by atoms with Gasteiger partial charge in [0.05, 0.1) is 16.7 Å². The third-order valence-electron chi connectivity index (χ3n) is 6.12. The van der Waals surface area contributed by atoms with Crippen molar-refractivity contribution in [3.8, 4) is 0 Å². The van der Waals surface area contributed by atoms with Gasteiger partial charge in [-0.15, -0.1) is 0 Å². The largest absolute Gasteiger partial charge is 0.478 e. The summed E-state index contributed by atoms with van der Waals surface area (Å²) >= 11 is 2.25. The summed E-state index contributed by atoms with van der Waals surface area (Å²) in [7, 11) is 0. The molecule has 0 saturated heterocycles. The molecule has 197 valence electrons. The molecule has 0 radical (unpaired) electrons. The fourth-order valence-corrected chi connectivity index (χ4v) is 3.92. The molecule has 0 saturated carbocycles. The Morgan fingerprint density at radius 2 is 0.816 bits per heavy atom. The second-order valence-electron chi connectivity index (χ2n) is 8.89. The van der Waals surface area contributed by atoms with E-state index < -0.39 is 17.9 Å². The number of allylic oxidation sites excluding steroid dienone is 4. The number of carbonyl (C=O) groups is 3. The van der Waals surface area contributed by atoms with Gasteiger partial charge in [-0.3, -0.25) is 0 Å². The average Bonchev–Trinajstić information content (AvgIpc) is 3.05. The third-order valence-corrected chi connectivity index (χ3v) is 7.69. The predicted octanol–water partition coefficient (Wildman–Crippen LogP) is 7.34. The van der Waals surface area contributed by atoms with Crippen molar-refractivity contribution in [2.45, 2.75) is 34.6 Å². The molecule has 0 heterocycles. The molecular formula is C31H33O6Ti. The van der Waals surface area contributed by atoms with Gasteiger partial charge in [-0.05, 0) is 36.4 Å². The molecular weight excluding hydrogens is 516 g/mol. The van der Waals surface area contributed by atoms with E-state index >= 15 is 0 Å². The summed E-state index contributed by atoms with van der Waals surface area (Å²) in [5, 5.41) is 25.2. The summed E-state index contributed by atoms with van der Waals surface area (Å²) in [6.45, 7) is 11.3. The minimum atomic E-state index is -0.879. The second-order valence-corrected chi connectivity index (χ2v) is 9.67. The Morgan fingerprint density at radius 3 is 0.921 bits per heavy atom. The summed E-state index contributed by atoms with van der Waals surface area (Å²) in [4.78, 5) is 30.6. The van der Waals surface area contributed by atoms with Crippen LogP contribution in [0.1, 0.15) is 65.7 Å². The van der Waals surface area contributed by atoms with E-state index in [1.165, 1.54) is 20.6 Å². The minimum absolute atomic E-state index is 0.314. The molecule has 0 spiro atoms. The van der Waals surface area contributed by atoms with Crippen LogP contribution in [0.25, 0.3) is 0 Å². The van der Waals surface area contributed by atoms with E-state index in [9.17, 15) is 14.4 Å². The van der Waals surface area contributed by atoms with Gasteiger partial charge in [0.1, 0.15) is 0 Å². The van der Waals surface area contributed by atoms with Gasteiger partial charge in [0.2, 0.25) is 0 Å². The normalized spacial score (nSPS) is 13.1. The molecule has 38 heavy (non-hydrogen) atoms. The van der Waals surface area contributed by atoms with Crippen LogP contribution >= 0.6 is 0 Å². The van der Waals surface area contributed by atoms with Crippen molar-refractivity contribution in [2.24, 2.45) is 5.41 Å². The topological polar surface area (TPSA) is 112 Å². The van der Waals surface area contributed by atoms with Crippen molar-refractivity contribution in [3.05, 3.63) is 128 Å². The van der Waals surface area contributed by atoms with Crippen molar-refractivity contribution in [3.63, 3.8) is 0 Å². The Morgan fingerprint density at radius 1 is 0.553 bits per heavy atom. The number of benzene rings is 3. The average molecular weight is 549 g/mol. The van der Waals surface area contributed by atoms with Gasteiger partial charge in [-0.25, -0.2) is 14.4 Å². The molecule has 3 N–H and O–H groups in total. The smallest absolute Gasteiger partial charge is 0.335 e. The first kappa shape index (κ1) is 32.3. The molecule has 6 nitrogen and oxygen atoms in total. The van der Waals surface area contributed by atoms with Crippen LogP contribution in [0.2, 0.25) is 0 Å². The summed E-state index contributed by atoms with van der Waals surface area (Å²) in [5.41, 5.74) is 5.83. The minimum Gasteiger partial charge on any atom is -0.478 e. The van der Waals surface area contributed by atoms with E-state index in [-0.39, 0.29) is 0 Å². The van der Waals surface area contributed by atoms with E-state index in [1.807, 2.05) is 0 Å². The van der Waals surface area contributed by atoms with Crippen LogP contribution in [0.15, 0.2) is 112 Å². The first-order valence-corrected chi connectivity index (χ1v) is 12.5. The van der Waals surface area contributed by atoms with Crippen molar-refractivity contribution < 1.29 is 50.1 Å². The van der Waals surface area contributed by atoms with Crippen LogP contribution in [-0.4, -0.2) is 33.2 Å². The van der Waals surface area contributed by atoms with E-state index in [2.05, 4.69) is 55.1 Å². The quantitative estimate of drug-likeness (QED) is 0.295. The van der Waals surface area contributed by atoms with Gasteiger partial charge in [-0.2, -0.15) is 0 Å². The molecule has 0 amide bonds.